The fraction of sp³-hybridized carbons (Fsp3) is 0.121. The number of carbonyl (C=O) groups is 3. The van der Waals surface area contributed by atoms with E-state index >= 15 is 0 Å². The van der Waals surface area contributed by atoms with Crippen molar-refractivity contribution >= 4 is 46.0 Å². The summed E-state index contributed by atoms with van der Waals surface area (Å²) in [5.74, 6) is -1.23. The van der Waals surface area contributed by atoms with Gasteiger partial charge in [-0.2, -0.15) is 0 Å². The Kier molecular flexibility index (Phi) is 6.28. The number of aromatic amines is 1. The molecule has 5 aromatic rings. The molecule has 1 saturated heterocycles. The molecule has 42 heavy (non-hydrogen) atoms. The van der Waals surface area contributed by atoms with Crippen molar-refractivity contribution in [1.29, 1.82) is 0 Å². The molecular formula is C33H24ClFN4O3. The van der Waals surface area contributed by atoms with E-state index in [9.17, 15) is 18.8 Å². The lowest BCUT2D eigenvalue weighted by molar-refractivity contribution is -0.120. The van der Waals surface area contributed by atoms with Crippen molar-refractivity contribution < 1.29 is 18.8 Å². The van der Waals surface area contributed by atoms with Crippen LogP contribution in [0, 0.1) is 5.82 Å². The molecule has 4 aromatic carbocycles. The minimum atomic E-state index is -0.801. The first-order valence-corrected chi connectivity index (χ1v) is 13.9. The quantitative estimate of drug-likeness (QED) is 0.238. The fourth-order valence-corrected chi connectivity index (χ4v) is 6.15. The molecule has 0 bridgehead atoms. The molecule has 7 nitrogen and oxygen atoms in total. The van der Waals surface area contributed by atoms with Gasteiger partial charge in [-0.25, -0.2) is 14.1 Å². The molecule has 9 heteroatoms. The van der Waals surface area contributed by atoms with E-state index in [0.717, 1.165) is 32.6 Å². The maximum Gasteiger partial charge on any atom is 0.332 e. The van der Waals surface area contributed by atoms with Crippen LogP contribution in [0.1, 0.15) is 38.8 Å². The molecule has 0 spiro atoms. The van der Waals surface area contributed by atoms with Crippen LogP contribution < -0.4 is 10.2 Å². The van der Waals surface area contributed by atoms with E-state index in [1.54, 1.807) is 53.4 Å². The Morgan fingerprint density at radius 1 is 0.929 bits per heavy atom. The smallest absolute Gasteiger partial charge is 0.332 e. The summed E-state index contributed by atoms with van der Waals surface area (Å²) in [6.07, 6.45) is 0.309. The number of para-hydroxylation sites is 2. The van der Waals surface area contributed by atoms with Gasteiger partial charge in [0.2, 0.25) is 0 Å². The number of nitrogens with one attached hydrogen (secondary N) is 2. The molecule has 7 rings (SSSR count). The zero-order valence-electron chi connectivity index (χ0n) is 22.2. The number of benzene rings is 4. The van der Waals surface area contributed by atoms with Crippen molar-refractivity contribution in [2.45, 2.75) is 25.0 Å². The summed E-state index contributed by atoms with van der Waals surface area (Å²) in [6, 6.07) is 25.5. The normalized spacial score (nSPS) is 17.9. The lowest BCUT2D eigenvalue weighted by Crippen LogP contribution is -2.44. The lowest BCUT2D eigenvalue weighted by atomic mass is 9.89. The number of anilines is 1. The van der Waals surface area contributed by atoms with Gasteiger partial charge in [0.25, 0.3) is 11.8 Å². The highest BCUT2D eigenvalue weighted by molar-refractivity contribution is 6.30. The second kappa shape index (κ2) is 10.2. The summed E-state index contributed by atoms with van der Waals surface area (Å²) in [5, 5.41) is 4.44. The number of aromatic nitrogens is 1. The van der Waals surface area contributed by atoms with E-state index in [1.807, 2.05) is 36.4 Å². The highest BCUT2D eigenvalue weighted by Crippen LogP contribution is 2.45. The Balaban J connectivity index is 1.27. The van der Waals surface area contributed by atoms with E-state index in [0.29, 0.717) is 17.0 Å². The topological polar surface area (TPSA) is 85.5 Å². The summed E-state index contributed by atoms with van der Waals surface area (Å²) < 4.78 is 13.9. The highest BCUT2D eigenvalue weighted by Gasteiger charge is 2.53. The number of carbonyl (C=O) groups excluding carboxylic acids is 3. The van der Waals surface area contributed by atoms with E-state index < -0.39 is 35.7 Å². The third-order valence-electron chi connectivity index (χ3n) is 7.99. The third-order valence-corrected chi connectivity index (χ3v) is 8.24. The van der Waals surface area contributed by atoms with Crippen molar-refractivity contribution in [1.82, 2.24) is 15.2 Å². The van der Waals surface area contributed by atoms with Gasteiger partial charge < -0.3 is 10.3 Å². The Hall–Kier alpha value is -4.95. The van der Waals surface area contributed by atoms with E-state index in [4.69, 9.17) is 11.6 Å². The molecule has 2 aliphatic rings. The fourth-order valence-electron chi connectivity index (χ4n) is 6.03. The summed E-state index contributed by atoms with van der Waals surface area (Å²) in [7, 11) is 0. The van der Waals surface area contributed by atoms with Crippen molar-refractivity contribution in [3.63, 3.8) is 0 Å². The van der Waals surface area contributed by atoms with E-state index in [2.05, 4.69) is 10.3 Å². The minimum absolute atomic E-state index is 0.204. The second-order valence-electron chi connectivity index (χ2n) is 10.4. The van der Waals surface area contributed by atoms with Crippen molar-refractivity contribution in [2.75, 3.05) is 4.90 Å². The number of amides is 4. The Labute approximate surface area is 245 Å². The molecule has 3 heterocycles. The number of halogens is 2. The zero-order valence-corrected chi connectivity index (χ0v) is 22.9. The van der Waals surface area contributed by atoms with Gasteiger partial charge in [-0.3, -0.25) is 14.5 Å². The first-order chi connectivity index (χ1) is 20.4. The predicted octanol–water partition coefficient (Wildman–Crippen LogP) is 6.37. The number of imide groups is 1. The van der Waals surface area contributed by atoms with Gasteiger partial charge in [-0.05, 0) is 59.2 Å². The van der Waals surface area contributed by atoms with Gasteiger partial charge in [0, 0.05) is 34.6 Å². The average molecular weight is 579 g/mol. The van der Waals surface area contributed by atoms with Crippen LogP contribution in [0.3, 0.4) is 0 Å². The molecule has 0 saturated carbocycles. The zero-order chi connectivity index (χ0) is 29.0. The van der Waals surface area contributed by atoms with Crippen molar-refractivity contribution in [3.05, 3.63) is 136 Å². The van der Waals surface area contributed by atoms with Crippen molar-refractivity contribution in [2.24, 2.45) is 0 Å². The summed E-state index contributed by atoms with van der Waals surface area (Å²) in [5.41, 5.74) is 4.57. The van der Waals surface area contributed by atoms with Crippen LogP contribution in [0.2, 0.25) is 5.02 Å². The summed E-state index contributed by atoms with van der Waals surface area (Å²) in [6.45, 7) is 0.245. The van der Waals surface area contributed by atoms with Crippen LogP contribution in [0.25, 0.3) is 10.9 Å². The van der Waals surface area contributed by atoms with E-state index in [-0.39, 0.29) is 17.8 Å². The molecule has 208 valence electrons. The first kappa shape index (κ1) is 26.0. The number of H-pyrrole nitrogens is 1. The summed E-state index contributed by atoms with van der Waals surface area (Å²) in [4.78, 5) is 47.8. The molecule has 1 aromatic heterocycles. The van der Waals surface area contributed by atoms with Crippen LogP contribution in [-0.2, 0) is 17.8 Å². The van der Waals surface area contributed by atoms with Gasteiger partial charge in [-0.1, -0.05) is 66.2 Å². The molecule has 2 aliphatic heterocycles. The van der Waals surface area contributed by atoms with E-state index in [1.165, 1.54) is 12.1 Å². The average Bonchev–Trinajstić information content (AvgIpc) is 3.50. The number of hydrogen-bond donors (Lipinski definition) is 2. The Morgan fingerprint density at radius 2 is 1.64 bits per heavy atom. The van der Waals surface area contributed by atoms with Crippen LogP contribution in [0.15, 0.2) is 97.1 Å². The highest BCUT2D eigenvalue weighted by atomic mass is 35.5. The molecule has 1 fully saturated rings. The van der Waals surface area contributed by atoms with Gasteiger partial charge in [0.1, 0.15) is 17.9 Å². The number of fused-ring (bicyclic) bond motifs is 4. The Morgan fingerprint density at radius 3 is 2.43 bits per heavy atom. The van der Waals surface area contributed by atoms with Gasteiger partial charge in [0.15, 0.2) is 0 Å². The van der Waals surface area contributed by atoms with Gasteiger partial charge in [-0.15, -0.1) is 0 Å². The molecule has 4 amide bonds. The molecule has 2 N–H and O–H groups in total. The number of urea groups is 1. The number of nitrogens with zero attached hydrogens (tertiary/aromatic N) is 2. The van der Waals surface area contributed by atoms with Gasteiger partial charge in [0.05, 0.1) is 11.3 Å². The maximum atomic E-state index is 14.2. The van der Waals surface area contributed by atoms with Crippen LogP contribution in [-0.4, -0.2) is 33.8 Å². The molecular weight excluding hydrogens is 555 g/mol. The largest absolute Gasteiger partial charge is 0.356 e. The standard InChI is InChI=1S/C33H24ClFN4O3/c34-21-13-9-19(10-14-21)18-36-31(40)24-6-2-4-8-27(24)39-32(41)28-17-25-23-5-1-3-7-26(23)37-29(25)30(38(28)33(39)42)20-11-15-22(35)16-12-20/h1-16,28,30,37H,17-18H2,(H,36,40)/t28-,30?/m0/s1. The SMILES string of the molecule is O=C(NCc1ccc(Cl)cc1)c1ccccc1N1C(=O)[C@@H]2Cc3c([nH]c4ccccc34)C(c3ccc(F)cc3)N2C1=O. The number of hydrogen-bond acceptors (Lipinski definition) is 3. The molecule has 0 aliphatic carbocycles. The van der Waals surface area contributed by atoms with Crippen LogP contribution in [0.4, 0.5) is 14.9 Å². The van der Waals surface area contributed by atoms with Gasteiger partial charge >= 0.3 is 6.03 Å². The predicted molar refractivity (Wildman–Crippen MR) is 158 cm³/mol. The molecule has 0 radical (unpaired) electrons. The maximum absolute atomic E-state index is 14.2. The second-order valence-corrected chi connectivity index (χ2v) is 10.9. The number of rotatable bonds is 5. The van der Waals surface area contributed by atoms with Crippen LogP contribution in [0.5, 0.6) is 0 Å². The van der Waals surface area contributed by atoms with Crippen molar-refractivity contribution in [3.8, 4) is 0 Å². The van der Waals surface area contributed by atoms with Crippen LogP contribution >= 0.6 is 11.6 Å². The minimum Gasteiger partial charge on any atom is -0.356 e. The Bertz CT molecular complexity index is 1870. The first-order valence-electron chi connectivity index (χ1n) is 13.5. The summed E-state index contributed by atoms with van der Waals surface area (Å²) >= 11 is 5.97. The monoisotopic (exact) mass is 578 g/mol. The molecule has 2 atom stereocenters. The lowest BCUT2D eigenvalue weighted by Gasteiger charge is -2.36. The molecule has 1 unspecified atom stereocenters. The third kappa shape index (κ3) is 4.23.